The second-order valence-corrected chi connectivity index (χ2v) is 10.5. The van der Waals surface area contributed by atoms with Crippen LogP contribution < -0.4 is 4.74 Å². The van der Waals surface area contributed by atoms with Crippen molar-refractivity contribution in [1.29, 1.82) is 0 Å². The van der Waals surface area contributed by atoms with Crippen LogP contribution >= 0.6 is 0 Å². The number of rotatable bonds is 12. The molecule has 2 heterocycles. The number of benzene rings is 1. The number of hydrogen-bond acceptors (Lipinski definition) is 7. The fraction of sp³-hybridized carbons (Fsp3) is 0.621. The van der Waals surface area contributed by atoms with Crippen LogP contribution in [0.4, 0.5) is 0 Å². The number of hydrogen-bond donors (Lipinski definition) is 1. The van der Waals surface area contributed by atoms with Crippen LogP contribution in [0.5, 0.6) is 5.75 Å². The summed E-state index contributed by atoms with van der Waals surface area (Å²) in [4.78, 5) is 12.7. The maximum Gasteiger partial charge on any atom is 0.331 e. The molecular weight excluding hydrogens is 460 g/mol. The quantitative estimate of drug-likeness (QED) is 0.149. The number of aliphatic hydroxyl groups excluding tert-OH is 1. The van der Waals surface area contributed by atoms with Gasteiger partial charge in [-0.05, 0) is 76.6 Å². The zero-order chi connectivity index (χ0) is 25.8. The molecule has 0 aromatic heterocycles. The molecule has 1 spiro atoms. The molecule has 1 aromatic rings. The normalized spacial score (nSPS) is 32.9. The maximum absolute atomic E-state index is 12.7. The van der Waals surface area contributed by atoms with E-state index in [9.17, 15) is 4.79 Å². The van der Waals surface area contributed by atoms with Crippen molar-refractivity contribution >= 4 is 12.0 Å². The molecule has 3 fully saturated rings. The van der Waals surface area contributed by atoms with E-state index in [2.05, 4.69) is 26.8 Å². The fourth-order valence-corrected chi connectivity index (χ4v) is 5.50. The Bertz CT molecular complexity index is 945. The molecule has 198 valence electrons. The number of allylic oxidation sites excluding steroid dienone is 1. The number of aliphatic hydroxyl groups is 1. The smallest absolute Gasteiger partial charge is 0.331 e. The molecule has 1 aromatic carbocycles. The predicted octanol–water partition coefficient (Wildman–Crippen LogP) is 4.47. The number of ether oxygens (including phenoxy) is 5. The van der Waals surface area contributed by atoms with Crippen molar-refractivity contribution in [3.8, 4) is 5.75 Å². The first-order valence-corrected chi connectivity index (χ1v) is 13.0. The van der Waals surface area contributed by atoms with Gasteiger partial charge in [0.2, 0.25) is 0 Å². The van der Waals surface area contributed by atoms with E-state index in [1.165, 1.54) is 11.6 Å². The molecule has 7 heteroatoms. The van der Waals surface area contributed by atoms with Crippen LogP contribution in [-0.4, -0.2) is 67.5 Å². The van der Waals surface area contributed by atoms with E-state index in [1.807, 2.05) is 24.3 Å². The molecule has 7 nitrogen and oxygen atoms in total. The molecule has 1 N–H and O–H groups in total. The van der Waals surface area contributed by atoms with Crippen molar-refractivity contribution in [3.63, 3.8) is 0 Å². The fourth-order valence-electron chi connectivity index (χ4n) is 5.50. The van der Waals surface area contributed by atoms with Crippen molar-refractivity contribution < 1.29 is 33.6 Å². The lowest BCUT2D eigenvalue weighted by atomic mass is 9.68. The molecule has 0 bridgehead atoms. The monoisotopic (exact) mass is 500 g/mol. The summed E-state index contributed by atoms with van der Waals surface area (Å²) in [6.07, 6.45) is 8.81. The van der Waals surface area contributed by atoms with Crippen LogP contribution in [0.15, 0.2) is 42.0 Å². The SMILES string of the molecule is CO[C@@H]1[C@H](OC(=O)/C=C/c2ccc(OCCCCO)cc2)CC[C@]2(CO2)[C@H]1[C@]1(C)O[C@H]1CC=C(C)C. The molecule has 0 radical (unpaired) electrons. The van der Waals surface area contributed by atoms with E-state index in [0.717, 1.165) is 37.0 Å². The van der Waals surface area contributed by atoms with Gasteiger partial charge in [0, 0.05) is 19.8 Å². The molecular formula is C29H40O7. The first-order valence-electron chi connectivity index (χ1n) is 13.0. The highest BCUT2D eigenvalue weighted by Gasteiger charge is 2.72. The van der Waals surface area contributed by atoms with Gasteiger partial charge in [-0.2, -0.15) is 0 Å². The number of carbonyl (C=O) groups excluding carboxylic acids is 1. The second kappa shape index (κ2) is 11.5. The van der Waals surface area contributed by atoms with Crippen LogP contribution in [0, 0.1) is 5.92 Å². The third-order valence-corrected chi connectivity index (χ3v) is 7.62. The molecule has 1 saturated carbocycles. The van der Waals surface area contributed by atoms with E-state index in [4.69, 9.17) is 28.8 Å². The Morgan fingerprint density at radius 3 is 2.61 bits per heavy atom. The molecule has 0 amide bonds. The maximum atomic E-state index is 12.7. The summed E-state index contributed by atoms with van der Waals surface area (Å²) in [7, 11) is 1.68. The van der Waals surface area contributed by atoms with Gasteiger partial charge >= 0.3 is 5.97 Å². The summed E-state index contributed by atoms with van der Waals surface area (Å²) < 4.78 is 29.7. The summed E-state index contributed by atoms with van der Waals surface area (Å²) in [5.74, 6) is 0.380. The van der Waals surface area contributed by atoms with E-state index >= 15 is 0 Å². The number of unbranched alkanes of at least 4 members (excludes halogenated alkanes) is 1. The van der Waals surface area contributed by atoms with E-state index in [1.54, 1.807) is 13.2 Å². The van der Waals surface area contributed by atoms with Crippen molar-refractivity contribution in [2.75, 3.05) is 26.9 Å². The average molecular weight is 501 g/mol. The van der Waals surface area contributed by atoms with E-state index in [-0.39, 0.29) is 48.0 Å². The Kier molecular flexibility index (Phi) is 8.56. The number of esters is 1. The highest BCUT2D eigenvalue weighted by Crippen LogP contribution is 2.59. The highest BCUT2D eigenvalue weighted by molar-refractivity contribution is 5.87. The summed E-state index contributed by atoms with van der Waals surface area (Å²) in [6, 6.07) is 7.53. The van der Waals surface area contributed by atoms with Crippen LogP contribution in [0.1, 0.15) is 58.4 Å². The van der Waals surface area contributed by atoms with Gasteiger partial charge in [-0.15, -0.1) is 0 Å². The molecule has 0 unspecified atom stereocenters. The Morgan fingerprint density at radius 1 is 1.22 bits per heavy atom. The van der Waals surface area contributed by atoms with E-state index < -0.39 is 0 Å². The van der Waals surface area contributed by atoms with Gasteiger partial charge in [0.1, 0.15) is 29.2 Å². The molecule has 2 aliphatic heterocycles. The van der Waals surface area contributed by atoms with Gasteiger partial charge in [0.25, 0.3) is 0 Å². The van der Waals surface area contributed by atoms with Gasteiger partial charge in [0.15, 0.2) is 0 Å². The minimum absolute atomic E-state index is 0.00557. The third-order valence-electron chi connectivity index (χ3n) is 7.62. The molecule has 36 heavy (non-hydrogen) atoms. The van der Waals surface area contributed by atoms with Crippen molar-refractivity contribution in [2.45, 2.75) is 82.4 Å². The first-order chi connectivity index (χ1) is 17.3. The Labute approximate surface area is 214 Å². The molecule has 6 atom stereocenters. The second-order valence-electron chi connectivity index (χ2n) is 10.5. The number of methoxy groups -OCH3 is 1. The lowest BCUT2D eigenvalue weighted by Crippen LogP contribution is -2.55. The van der Waals surface area contributed by atoms with Crippen molar-refractivity contribution in [2.24, 2.45) is 5.92 Å². The van der Waals surface area contributed by atoms with E-state index in [0.29, 0.717) is 19.6 Å². The van der Waals surface area contributed by atoms with Gasteiger partial charge < -0.3 is 28.8 Å². The predicted molar refractivity (Wildman–Crippen MR) is 137 cm³/mol. The molecule has 3 aliphatic rings. The van der Waals surface area contributed by atoms with Crippen molar-refractivity contribution in [3.05, 3.63) is 47.6 Å². The van der Waals surface area contributed by atoms with Crippen LogP contribution in [-0.2, 0) is 23.7 Å². The van der Waals surface area contributed by atoms with Gasteiger partial charge in [0.05, 0.1) is 25.2 Å². The Morgan fingerprint density at radius 2 is 1.97 bits per heavy atom. The summed E-state index contributed by atoms with van der Waals surface area (Å²) in [6.45, 7) is 7.77. The van der Waals surface area contributed by atoms with Gasteiger partial charge in [-0.1, -0.05) is 23.8 Å². The number of epoxide rings is 2. The minimum Gasteiger partial charge on any atom is -0.494 e. The summed E-state index contributed by atoms with van der Waals surface area (Å²) in [5.41, 5.74) is 1.56. The van der Waals surface area contributed by atoms with Gasteiger partial charge in [-0.3, -0.25) is 0 Å². The molecule has 1 aliphatic carbocycles. The summed E-state index contributed by atoms with van der Waals surface area (Å²) in [5, 5.41) is 8.84. The lowest BCUT2D eigenvalue weighted by Gasteiger charge is -2.42. The largest absolute Gasteiger partial charge is 0.494 e. The Balaban J connectivity index is 1.35. The topological polar surface area (TPSA) is 90.1 Å². The van der Waals surface area contributed by atoms with Crippen molar-refractivity contribution in [1.82, 2.24) is 0 Å². The highest BCUT2D eigenvalue weighted by atomic mass is 16.6. The summed E-state index contributed by atoms with van der Waals surface area (Å²) >= 11 is 0. The standard InChI is InChI=1S/C29H40O7/c1-20(2)7-13-24-28(3,36-24)27-26(32-4)23(15-16-29(27)19-34-29)35-25(31)14-10-21-8-11-22(12-9-21)33-18-6-5-17-30/h7-12,14,23-24,26-27,30H,5-6,13,15-19H2,1-4H3/b14-10+/t23-,24+,26-,27-,28-,29+/m1/s1. The van der Waals surface area contributed by atoms with Crippen LogP contribution in [0.25, 0.3) is 6.08 Å². The first kappa shape index (κ1) is 26.9. The lowest BCUT2D eigenvalue weighted by molar-refractivity contribution is -0.166. The third kappa shape index (κ3) is 6.20. The average Bonchev–Trinajstić information content (AvgIpc) is 3.78. The molecule has 4 rings (SSSR count). The zero-order valence-corrected chi connectivity index (χ0v) is 21.9. The van der Waals surface area contributed by atoms with Gasteiger partial charge in [-0.25, -0.2) is 4.79 Å². The molecule has 2 saturated heterocycles. The van der Waals surface area contributed by atoms with Crippen LogP contribution in [0.2, 0.25) is 0 Å². The Hall–Kier alpha value is -2.19. The zero-order valence-electron chi connectivity index (χ0n) is 21.9. The number of carbonyl (C=O) groups is 1. The van der Waals surface area contributed by atoms with Crippen LogP contribution in [0.3, 0.4) is 0 Å². The minimum atomic E-state index is -0.388.